The zero-order chi connectivity index (χ0) is 27.8. The Hall–Kier alpha value is -4.15. The van der Waals surface area contributed by atoms with Gasteiger partial charge in [0.15, 0.2) is 11.9 Å². The molecule has 0 aromatic rings. The van der Waals surface area contributed by atoms with Crippen molar-refractivity contribution < 1.29 is 29.1 Å². The van der Waals surface area contributed by atoms with E-state index < -0.39 is 60.2 Å². The van der Waals surface area contributed by atoms with Gasteiger partial charge in [-0.15, -0.1) is 0 Å². The average molecular weight is 516 g/mol. The molecule has 0 aliphatic heterocycles. The van der Waals surface area contributed by atoms with Crippen molar-refractivity contribution >= 4 is 41.5 Å². The molecular formula is C19H37N11O6. The van der Waals surface area contributed by atoms with E-state index in [4.69, 9.17) is 39.5 Å². The highest BCUT2D eigenvalue weighted by Crippen LogP contribution is 2.04. The van der Waals surface area contributed by atoms with Crippen molar-refractivity contribution in [3.05, 3.63) is 0 Å². The van der Waals surface area contributed by atoms with E-state index in [1.807, 2.05) is 0 Å². The lowest BCUT2D eigenvalue weighted by Gasteiger charge is -2.24. The summed E-state index contributed by atoms with van der Waals surface area (Å²) in [6.45, 7) is 1.61. The number of hydrogen-bond acceptors (Lipinski definition) is 8. The van der Waals surface area contributed by atoms with Crippen LogP contribution in [0.15, 0.2) is 9.98 Å². The Bertz CT molecular complexity index is 840. The fourth-order valence-corrected chi connectivity index (χ4v) is 2.76. The molecule has 16 N–H and O–H groups in total. The van der Waals surface area contributed by atoms with Gasteiger partial charge in [0.25, 0.3) is 0 Å². The summed E-state index contributed by atoms with van der Waals surface area (Å²) in [5.74, 6) is -4.91. The lowest BCUT2D eigenvalue weighted by molar-refractivity contribution is -0.142. The number of carbonyl (C=O) groups excluding carboxylic acids is 4. The van der Waals surface area contributed by atoms with Crippen LogP contribution in [-0.2, 0) is 24.0 Å². The molecule has 36 heavy (non-hydrogen) atoms. The number of carbonyl (C=O) groups is 5. The number of amides is 4. The van der Waals surface area contributed by atoms with E-state index in [9.17, 15) is 24.0 Å². The molecule has 0 heterocycles. The summed E-state index contributed by atoms with van der Waals surface area (Å²) < 4.78 is 0. The quantitative estimate of drug-likeness (QED) is 0.0495. The minimum atomic E-state index is -1.44. The minimum Gasteiger partial charge on any atom is -0.480 e. The highest BCUT2D eigenvalue weighted by atomic mass is 16.4. The number of hydrogen-bond donors (Lipinski definition) is 10. The van der Waals surface area contributed by atoms with Crippen molar-refractivity contribution in [3.63, 3.8) is 0 Å². The monoisotopic (exact) mass is 515 g/mol. The molecular weight excluding hydrogens is 478 g/mol. The maximum absolute atomic E-state index is 12.9. The van der Waals surface area contributed by atoms with Crippen LogP contribution in [0.2, 0.25) is 0 Å². The van der Waals surface area contributed by atoms with Crippen molar-refractivity contribution in [1.29, 1.82) is 0 Å². The number of carboxylic acid groups (broad SMARTS) is 1. The predicted octanol–water partition coefficient (Wildman–Crippen LogP) is -5.14. The van der Waals surface area contributed by atoms with Gasteiger partial charge in [-0.1, -0.05) is 0 Å². The Morgan fingerprint density at radius 2 is 1.22 bits per heavy atom. The van der Waals surface area contributed by atoms with Crippen LogP contribution < -0.4 is 50.4 Å². The van der Waals surface area contributed by atoms with Crippen molar-refractivity contribution in [1.82, 2.24) is 16.0 Å². The molecule has 0 saturated heterocycles. The zero-order valence-corrected chi connectivity index (χ0v) is 20.1. The van der Waals surface area contributed by atoms with Gasteiger partial charge in [-0.3, -0.25) is 34.0 Å². The number of nitrogens with two attached hydrogens (primary N) is 6. The van der Waals surface area contributed by atoms with E-state index in [1.165, 1.54) is 6.92 Å². The highest BCUT2D eigenvalue weighted by Gasteiger charge is 2.30. The number of guanidine groups is 2. The lowest BCUT2D eigenvalue weighted by atomic mass is 10.1. The second kappa shape index (κ2) is 16.5. The van der Waals surface area contributed by atoms with Gasteiger partial charge in [-0.2, -0.15) is 0 Å². The normalized spacial score (nSPS) is 13.7. The van der Waals surface area contributed by atoms with Gasteiger partial charge in [0.05, 0.1) is 12.5 Å². The molecule has 0 bridgehead atoms. The first-order valence-electron chi connectivity index (χ1n) is 11.0. The number of aliphatic imine (C=N–C) groups is 2. The molecule has 4 amide bonds. The van der Waals surface area contributed by atoms with Crippen LogP contribution in [0.3, 0.4) is 0 Å². The Kier molecular flexibility index (Phi) is 14.6. The third-order valence-electron chi connectivity index (χ3n) is 4.65. The molecule has 0 aromatic carbocycles. The summed E-state index contributed by atoms with van der Waals surface area (Å²) in [7, 11) is 0. The second-order valence-electron chi connectivity index (χ2n) is 7.87. The van der Waals surface area contributed by atoms with Gasteiger partial charge >= 0.3 is 5.97 Å². The Balaban J connectivity index is 5.38. The van der Waals surface area contributed by atoms with Crippen molar-refractivity contribution in [2.24, 2.45) is 44.4 Å². The van der Waals surface area contributed by atoms with Gasteiger partial charge in [0.1, 0.15) is 18.1 Å². The summed E-state index contributed by atoms with van der Waals surface area (Å²) in [5, 5.41) is 16.0. The smallest absolute Gasteiger partial charge is 0.325 e. The van der Waals surface area contributed by atoms with E-state index in [2.05, 4.69) is 25.9 Å². The van der Waals surface area contributed by atoms with E-state index in [0.29, 0.717) is 6.42 Å². The maximum atomic E-state index is 12.9. The SMILES string of the molecule is CC(NC(=O)C(CCCN=C(N)N)NC(=O)C(CC(N)=O)NC(=O)C(N)CCCN=C(N)N)C(=O)O. The molecule has 4 atom stereocenters. The van der Waals surface area contributed by atoms with Gasteiger partial charge in [-0.05, 0) is 32.6 Å². The fraction of sp³-hybridized carbons (Fsp3) is 0.632. The molecule has 0 aliphatic carbocycles. The molecule has 0 radical (unpaired) electrons. The summed E-state index contributed by atoms with van der Waals surface area (Å²) in [4.78, 5) is 68.0. The van der Waals surface area contributed by atoms with Crippen LogP contribution >= 0.6 is 0 Å². The van der Waals surface area contributed by atoms with E-state index in [-0.39, 0.29) is 44.3 Å². The molecule has 0 aromatic heterocycles. The molecule has 4 unspecified atom stereocenters. The number of nitrogens with one attached hydrogen (secondary N) is 3. The number of rotatable bonds is 17. The van der Waals surface area contributed by atoms with Crippen LogP contribution in [0.1, 0.15) is 39.0 Å². The van der Waals surface area contributed by atoms with Crippen molar-refractivity contribution in [3.8, 4) is 0 Å². The lowest BCUT2D eigenvalue weighted by Crippen LogP contribution is -2.57. The van der Waals surface area contributed by atoms with Crippen LogP contribution in [0.25, 0.3) is 0 Å². The first kappa shape index (κ1) is 31.8. The molecule has 0 fully saturated rings. The molecule has 204 valence electrons. The summed E-state index contributed by atoms with van der Waals surface area (Å²) in [6, 6.07) is -4.96. The summed E-state index contributed by atoms with van der Waals surface area (Å²) in [6.07, 6.45) is 0.231. The van der Waals surface area contributed by atoms with E-state index in [1.54, 1.807) is 0 Å². The van der Waals surface area contributed by atoms with Crippen LogP contribution in [0.4, 0.5) is 0 Å². The third kappa shape index (κ3) is 14.2. The molecule has 0 rings (SSSR count). The maximum Gasteiger partial charge on any atom is 0.325 e. The van der Waals surface area contributed by atoms with E-state index in [0.717, 1.165) is 0 Å². The molecule has 0 saturated carbocycles. The molecule has 0 aliphatic rings. The molecule has 17 heteroatoms. The van der Waals surface area contributed by atoms with Crippen molar-refractivity contribution in [2.45, 2.75) is 63.2 Å². The topological polar surface area (TPSA) is 323 Å². The van der Waals surface area contributed by atoms with E-state index >= 15 is 0 Å². The summed E-state index contributed by atoms with van der Waals surface area (Å²) in [5.41, 5.74) is 32.0. The predicted molar refractivity (Wildman–Crippen MR) is 131 cm³/mol. The first-order chi connectivity index (χ1) is 16.7. The molecule has 17 nitrogen and oxygen atoms in total. The standard InChI is InChI=1S/C19H37N11O6/c1-9(17(35)36)28-15(33)11(5-3-7-27-19(24)25)29-16(34)12(8-13(21)31)30-14(32)10(20)4-2-6-26-18(22)23/h9-12H,2-8,20H2,1H3,(H2,21,31)(H,28,33)(H,29,34)(H,30,32)(H,35,36)(H4,22,23,26)(H4,24,25,27). The van der Waals surface area contributed by atoms with Crippen LogP contribution in [0, 0.1) is 0 Å². The third-order valence-corrected chi connectivity index (χ3v) is 4.65. The van der Waals surface area contributed by atoms with Crippen molar-refractivity contribution in [2.75, 3.05) is 13.1 Å². The second-order valence-corrected chi connectivity index (χ2v) is 7.87. The van der Waals surface area contributed by atoms with Gasteiger partial charge in [0.2, 0.25) is 23.6 Å². The number of nitrogens with zero attached hydrogens (tertiary/aromatic N) is 2. The van der Waals surface area contributed by atoms with Crippen LogP contribution in [-0.4, -0.2) is 83.9 Å². The number of aliphatic carboxylic acids is 1. The first-order valence-corrected chi connectivity index (χ1v) is 11.0. The number of carboxylic acids is 1. The van der Waals surface area contributed by atoms with Gasteiger partial charge in [0, 0.05) is 13.1 Å². The highest BCUT2D eigenvalue weighted by molar-refractivity contribution is 5.96. The minimum absolute atomic E-state index is 0.0161. The fourth-order valence-electron chi connectivity index (χ4n) is 2.76. The average Bonchev–Trinajstić information content (AvgIpc) is 2.76. The Morgan fingerprint density at radius 1 is 0.750 bits per heavy atom. The Morgan fingerprint density at radius 3 is 1.69 bits per heavy atom. The van der Waals surface area contributed by atoms with Gasteiger partial charge in [-0.25, -0.2) is 0 Å². The van der Waals surface area contributed by atoms with Gasteiger partial charge < -0.3 is 55.5 Å². The largest absolute Gasteiger partial charge is 0.480 e. The molecule has 0 spiro atoms. The Labute approximate surface area is 207 Å². The zero-order valence-electron chi connectivity index (χ0n) is 20.1. The number of primary amides is 1. The van der Waals surface area contributed by atoms with Crippen LogP contribution in [0.5, 0.6) is 0 Å². The summed E-state index contributed by atoms with van der Waals surface area (Å²) >= 11 is 0.